The molecule has 2 heterocycles. The van der Waals surface area contributed by atoms with Gasteiger partial charge in [-0.25, -0.2) is 0 Å². The molecule has 0 bridgehead atoms. The summed E-state index contributed by atoms with van der Waals surface area (Å²) in [6, 6.07) is 13.8. The minimum absolute atomic E-state index is 0.0266. The Morgan fingerprint density at radius 1 is 1.09 bits per heavy atom. The fourth-order valence-electron chi connectivity index (χ4n) is 2.12. The first kappa shape index (κ1) is 19.6. The highest BCUT2D eigenvalue weighted by molar-refractivity contribution is 6.30. The topological polar surface area (TPSA) is 45.2 Å². The monoisotopic (exact) mass is 334 g/mol. The Bertz CT molecular complexity index is 511. The molecule has 0 saturated carbocycles. The number of rotatable bonds is 2. The fraction of sp³-hybridized carbons (Fsp3) is 0.421. The lowest BCUT2D eigenvalue weighted by Crippen LogP contribution is -2.30. The van der Waals surface area contributed by atoms with Crippen LogP contribution in [-0.4, -0.2) is 29.3 Å². The fourth-order valence-corrected chi connectivity index (χ4v) is 2.25. The Balaban J connectivity index is 0.000000247. The molecule has 1 aliphatic heterocycles. The van der Waals surface area contributed by atoms with E-state index in [0.29, 0.717) is 0 Å². The van der Waals surface area contributed by atoms with Gasteiger partial charge in [-0.05, 0) is 55.8 Å². The number of aromatic nitrogens is 1. The van der Waals surface area contributed by atoms with E-state index in [1.54, 1.807) is 0 Å². The number of hydrogen-bond donors (Lipinski definition) is 2. The van der Waals surface area contributed by atoms with Crippen molar-refractivity contribution in [3.63, 3.8) is 0 Å². The van der Waals surface area contributed by atoms with E-state index in [1.165, 1.54) is 5.56 Å². The van der Waals surface area contributed by atoms with Crippen molar-refractivity contribution >= 4 is 11.6 Å². The van der Waals surface area contributed by atoms with Gasteiger partial charge in [0.15, 0.2) is 0 Å². The Morgan fingerprint density at radius 3 is 2.22 bits per heavy atom. The van der Waals surface area contributed by atoms with Crippen molar-refractivity contribution in [3.8, 4) is 0 Å². The van der Waals surface area contributed by atoms with Gasteiger partial charge in [-0.3, -0.25) is 4.98 Å². The molecule has 0 radical (unpaired) electrons. The standard InChI is InChI=1S/C12H10ClN.C5H11NO.C2H6/c13-11-6-4-10(5-7-11)9-12-3-1-2-8-14-12;7-5-1-3-6-4-2-5;1-2/h1-8H,9H2;5-7H,1-4H2;1-2H3. The lowest BCUT2D eigenvalue weighted by atomic mass is 10.1. The van der Waals surface area contributed by atoms with E-state index in [9.17, 15) is 0 Å². The molecule has 1 aromatic heterocycles. The predicted octanol–water partition coefficient (Wildman–Crippen LogP) is 4.08. The summed E-state index contributed by atoms with van der Waals surface area (Å²) in [7, 11) is 0. The van der Waals surface area contributed by atoms with Gasteiger partial charge in [-0.1, -0.05) is 43.6 Å². The summed E-state index contributed by atoms with van der Waals surface area (Å²) in [4.78, 5) is 4.26. The van der Waals surface area contributed by atoms with Crippen molar-refractivity contribution in [1.82, 2.24) is 10.3 Å². The van der Waals surface area contributed by atoms with Crippen LogP contribution >= 0.6 is 11.6 Å². The average Bonchev–Trinajstić information content (AvgIpc) is 2.61. The Labute approximate surface area is 144 Å². The smallest absolute Gasteiger partial charge is 0.0564 e. The third-order valence-electron chi connectivity index (χ3n) is 3.33. The molecule has 0 amide bonds. The van der Waals surface area contributed by atoms with Crippen molar-refractivity contribution in [2.24, 2.45) is 0 Å². The number of benzene rings is 1. The Kier molecular flexibility index (Phi) is 10.3. The second kappa shape index (κ2) is 12.1. The summed E-state index contributed by atoms with van der Waals surface area (Å²) in [5.41, 5.74) is 2.31. The number of nitrogens with one attached hydrogen (secondary N) is 1. The van der Waals surface area contributed by atoms with Crippen LogP contribution in [0.1, 0.15) is 37.9 Å². The van der Waals surface area contributed by atoms with E-state index in [0.717, 1.165) is 43.1 Å². The van der Waals surface area contributed by atoms with Crippen LogP contribution in [-0.2, 0) is 6.42 Å². The van der Waals surface area contributed by atoms with Crippen LogP contribution < -0.4 is 5.32 Å². The first-order valence-corrected chi connectivity index (χ1v) is 8.65. The van der Waals surface area contributed by atoms with Crippen LogP contribution in [0.25, 0.3) is 0 Å². The van der Waals surface area contributed by atoms with Gasteiger partial charge in [0.1, 0.15) is 0 Å². The van der Waals surface area contributed by atoms with E-state index < -0.39 is 0 Å². The minimum atomic E-state index is -0.0266. The van der Waals surface area contributed by atoms with E-state index in [4.69, 9.17) is 16.7 Å². The number of piperidine rings is 1. The van der Waals surface area contributed by atoms with Gasteiger partial charge < -0.3 is 10.4 Å². The summed E-state index contributed by atoms with van der Waals surface area (Å²) < 4.78 is 0. The van der Waals surface area contributed by atoms with Gasteiger partial charge in [0.25, 0.3) is 0 Å². The van der Waals surface area contributed by atoms with Crippen LogP contribution in [0.5, 0.6) is 0 Å². The highest BCUT2D eigenvalue weighted by Gasteiger charge is 2.06. The Morgan fingerprint density at radius 2 is 1.74 bits per heavy atom. The van der Waals surface area contributed by atoms with E-state index >= 15 is 0 Å². The van der Waals surface area contributed by atoms with E-state index in [2.05, 4.69) is 10.3 Å². The number of nitrogens with zero attached hydrogens (tertiary/aromatic N) is 1. The van der Waals surface area contributed by atoms with Gasteiger partial charge in [-0.2, -0.15) is 0 Å². The molecule has 1 aromatic carbocycles. The second-order valence-corrected chi connectivity index (χ2v) is 5.54. The SMILES string of the molecule is CC.Clc1ccc(Cc2ccccn2)cc1.OC1CCNCC1. The minimum Gasteiger partial charge on any atom is -0.393 e. The molecule has 2 aromatic rings. The van der Waals surface area contributed by atoms with E-state index in [1.807, 2.05) is 62.5 Å². The highest BCUT2D eigenvalue weighted by Crippen LogP contribution is 2.12. The molecule has 3 rings (SSSR count). The van der Waals surface area contributed by atoms with Crippen LogP contribution in [0.15, 0.2) is 48.7 Å². The van der Waals surface area contributed by atoms with Gasteiger partial charge in [0.05, 0.1) is 6.10 Å². The molecule has 126 valence electrons. The number of aliphatic hydroxyl groups is 1. The molecule has 0 unspecified atom stereocenters. The largest absolute Gasteiger partial charge is 0.393 e. The zero-order valence-electron chi connectivity index (χ0n) is 14.0. The molecule has 4 heteroatoms. The van der Waals surface area contributed by atoms with E-state index in [-0.39, 0.29) is 6.10 Å². The normalized spacial score (nSPS) is 14.1. The molecule has 23 heavy (non-hydrogen) atoms. The molecule has 1 saturated heterocycles. The molecule has 1 aliphatic rings. The zero-order valence-corrected chi connectivity index (χ0v) is 14.8. The third kappa shape index (κ3) is 8.70. The molecule has 0 spiro atoms. The first-order chi connectivity index (χ1) is 11.2. The molecule has 3 nitrogen and oxygen atoms in total. The second-order valence-electron chi connectivity index (χ2n) is 5.11. The zero-order chi connectivity index (χ0) is 16.9. The molecule has 0 atom stereocenters. The maximum atomic E-state index is 8.87. The van der Waals surface area contributed by atoms with Gasteiger partial charge in [-0.15, -0.1) is 0 Å². The summed E-state index contributed by atoms with van der Waals surface area (Å²) in [6.07, 6.45) is 4.50. The maximum absolute atomic E-state index is 8.87. The summed E-state index contributed by atoms with van der Waals surface area (Å²) in [5.74, 6) is 0. The van der Waals surface area contributed by atoms with Crippen LogP contribution in [0, 0.1) is 0 Å². The Hall–Kier alpha value is -1.42. The number of pyridine rings is 1. The van der Waals surface area contributed by atoms with Crippen molar-refractivity contribution < 1.29 is 5.11 Å². The molecule has 1 fully saturated rings. The van der Waals surface area contributed by atoms with Crippen molar-refractivity contribution in [3.05, 3.63) is 64.9 Å². The van der Waals surface area contributed by atoms with Crippen LogP contribution in [0.4, 0.5) is 0 Å². The number of aliphatic hydroxyl groups excluding tert-OH is 1. The lowest BCUT2D eigenvalue weighted by molar-refractivity contribution is 0.137. The van der Waals surface area contributed by atoms with Gasteiger partial charge in [0, 0.05) is 23.3 Å². The van der Waals surface area contributed by atoms with Crippen LogP contribution in [0.2, 0.25) is 5.02 Å². The average molecular weight is 335 g/mol. The molecular formula is C19H27ClN2O. The summed E-state index contributed by atoms with van der Waals surface area (Å²) >= 11 is 5.80. The van der Waals surface area contributed by atoms with Gasteiger partial charge >= 0.3 is 0 Å². The predicted molar refractivity (Wildman–Crippen MR) is 98.0 cm³/mol. The van der Waals surface area contributed by atoms with Crippen LogP contribution in [0.3, 0.4) is 0 Å². The number of hydrogen-bond acceptors (Lipinski definition) is 3. The van der Waals surface area contributed by atoms with Gasteiger partial charge in [0.2, 0.25) is 0 Å². The summed E-state index contributed by atoms with van der Waals surface area (Å²) in [5, 5.41) is 12.8. The highest BCUT2D eigenvalue weighted by atomic mass is 35.5. The third-order valence-corrected chi connectivity index (χ3v) is 3.59. The molecule has 0 aliphatic carbocycles. The van der Waals surface area contributed by atoms with Crippen molar-refractivity contribution in [1.29, 1.82) is 0 Å². The lowest BCUT2D eigenvalue weighted by Gasteiger charge is -2.16. The van der Waals surface area contributed by atoms with Crippen molar-refractivity contribution in [2.45, 2.75) is 39.2 Å². The quantitative estimate of drug-likeness (QED) is 0.869. The molecule has 2 N–H and O–H groups in total. The maximum Gasteiger partial charge on any atom is 0.0564 e. The first-order valence-electron chi connectivity index (χ1n) is 8.27. The molecular weight excluding hydrogens is 308 g/mol. The van der Waals surface area contributed by atoms with Crippen molar-refractivity contribution in [2.75, 3.05) is 13.1 Å². The summed E-state index contributed by atoms with van der Waals surface area (Å²) in [6.45, 7) is 5.97. The number of halogens is 1.